The van der Waals surface area contributed by atoms with Gasteiger partial charge < -0.3 is 15.4 Å². The van der Waals surface area contributed by atoms with Crippen molar-refractivity contribution >= 4 is 28.3 Å². The molecule has 150 valence electrons. The van der Waals surface area contributed by atoms with Gasteiger partial charge in [0.05, 0.1) is 12.1 Å². The highest BCUT2D eigenvalue weighted by Crippen LogP contribution is 2.24. The van der Waals surface area contributed by atoms with E-state index < -0.39 is 0 Å². The van der Waals surface area contributed by atoms with E-state index in [0.717, 1.165) is 22.4 Å². The first-order chi connectivity index (χ1) is 14.7. The maximum absolute atomic E-state index is 12.8. The van der Waals surface area contributed by atoms with E-state index in [9.17, 15) is 4.79 Å². The number of nitrogens with one attached hydrogen (secondary N) is 2. The maximum Gasteiger partial charge on any atom is 0.289 e. The zero-order valence-electron chi connectivity index (χ0n) is 16.6. The monoisotopic (exact) mass is 398 g/mol. The van der Waals surface area contributed by atoms with Crippen LogP contribution in [0, 0.1) is 0 Å². The second-order valence-corrected chi connectivity index (χ2v) is 6.63. The molecule has 0 saturated heterocycles. The Balaban J connectivity index is 1.60. The van der Waals surface area contributed by atoms with E-state index >= 15 is 0 Å². The number of carbonyl (C=O) groups is 1. The van der Waals surface area contributed by atoms with Crippen LogP contribution < -0.4 is 15.4 Å². The number of nitrogens with zero attached hydrogens (tertiary/aromatic N) is 2. The highest BCUT2D eigenvalue weighted by atomic mass is 16.5. The summed E-state index contributed by atoms with van der Waals surface area (Å²) in [7, 11) is 0. The fourth-order valence-electron chi connectivity index (χ4n) is 3.13. The van der Waals surface area contributed by atoms with Gasteiger partial charge in [-0.2, -0.15) is 0 Å². The molecule has 0 saturated carbocycles. The molecule has 0 bridgehead atoms. The topological polar surface area (TPSA) is 76.1 Å². The fourth-order valence-corrected chi connectivity index (χ4v) is 3.13. The minimum absolute atomic E-state index is 0.112. The summed E-state index contributed by atoms with van der Waals surface area (Å²) in [5, 5.41) is 7.04. The van der Waals surface area contributed by atoms with Crippen LogP contribution in [0.25, 0.3) is 10.9 Å². The molecule has 4 rings (SSSR count). The van der Waals surface area contributed by atoms with Gasteiger partial charge in [-0.3, -0.25) is 4.79 Å². The molecule has 0 aliphatic carbocycles. The molecule has 0 atom stereocenters. The summed E-state index contributed by atoms with van der Waals surface area (Å²) in [6.45, 7) is 2.82. The molecule has 0 aliphatic heterocycles. The Morgan fingerprint density at radius 3 is 2.47 bits per heavy atom. The molecule has 0 radical (unpaired) electrons. The number of aromatic nitrogens is 2. The molecule has 30 heavy (non-hydrogen) atoms. The molecule has 3 aromatic carbocycles. The van der Waals surface area contributed by atoms with Gasteiger partial charge in [-0.15, -0.1) is 0 Å². The molecule has 6 heteroatoms. The summed E-state index contributed by atoms with van der Waals surface area (Å²) in [5.41, 5.74) is 2.49. The summed E-state index contributed by atoms with van der Waals surface area (Å²) in [6, 6.07) is 25.0. The third kappa shape index (κ3) is 4.38. The number of para-hydroxylation sites is 3. The minimum atomic E-state index is -0.344. The molecule has 0 fully saturated rings. The SMILES string of the molecule is CCOc1ccccc1CNC(=O)c1nc(Nc2ccccc2)c2ccccc2n1. The Bertz CT molecular complexity index is 1160. The van der Waals surface area contributed by atoms with Crippen molar-refractivity contribution < 1.29 is 9.53 Å². The third-order valence-corrected chi connectivity index (χ3v) is 4.55. The van der Waals surface area contributed by atoms with E-state index in [4.69, 9.17) is 4.74 Å². The van der Waals surface area contributed by atoms with E-state index in [1.165, 1.54) is 0 Å². The van der Waals surface area contributed by atoms with Crippen molar-refractivity contribution in [1.82, 2.24) is 15.3 Å². The molecule has 1 amide bonds. The summed E-state index contributed by atoms with van der Waals surface area (Å²) >= 11 is 0. The van der Waals surface area contributed by atoms with Crippen molar-refractivity contribution in [3.05, 3.63) is 90.3 Å². The molecule has 2 N–H and O–H groups in total. The number of anilines is 2. The molecule has 1 aromatic heterocycles. The lowest BCUT2D eigenvalue weighted by Gasteiger charge is -2.12. The van der Waals surface area contributed by atoms with Gasteiger partial charge in [0, 0.05) is 23.2 Å². The normalized spacial score (nSPS) is 10.6. The number of carbonyl (C=O) groups excluding carboxylic acids is 1. The molecular weight excluding hydrogens is 376 g/mol. The Hall–Kier alpha value is -3.93. The number of benzene rings is 3. The molecular formula is C24H22N4O2. The number of fused-ring (bicyclic) bond motifs is 1. The van der Waals surface area contributed by atoms with E-state index in [1.54, 1.807) is 0 Å². The van der Waals surface area contributed by atoms with Crippen LogP contribution in [0.5, 0.6) is 5.75 Å². The van der Waals surface area contributed by atoms with Gasteiger partial charge in [0.15, 0.2) is 0 Å². The molecule has 0 unspecified atom stereocenters. The average molecular weight is 398 g/mol. The molecule has 0 aliphatic rings. The zero-order chi connectivity index (χ0) is 20.8. The van der Waals surface area contributed by atoms with Crippen molar-refractivity contribution in [2.24, 2.45) is 0 Å². The van der Waals surface area contributed by atoms with Crippen LogP contribution in [0.3, 0.4) is 0 Å². The summed E-state index contributed by atoms with van der Waals surface area (Å²) in [5.74, 6) is 1.11. The van der Waals surface area contributed by atoms with Gasteiger partial charge in [0.1, 0.15) is 11.6 Å². The van der Waals surface area contributed by atoms with E-state index in [0.29, 0.717) is 24.5 Å². The van der Waals surface area contributed by atoms with Crippen LogP contribution >= 0.6 is 0 Å². The van der Waals surface area contributed by atoms with Crippen LogP contribution in [0.1, 0.15) is 23.1 Å². The third-order valence-electron chi connectivity index (χ3n) is 4.55. The number of ether oxygens (including phenoxy) is 1. The largest absolute Gasteiger partial charge is 0.494 e. The maximum atomic E-state index is 12.8. The average Bonchev–Trinajstić information content (AvgIpc) is 2.79. The van der Waals surface area contributed by atoms with Gasteiger partial charge >= 0.3 is 0 Å². The van der Waals surface area contributed by atoms with E-state index in [1.807, 2.05) is 85.8 Å². The number of hydrogen-bond donors (Lipinski definition) is 2. The van der Waals surface area contributed by atoms with Crippen LogP contribution in [-0.4, -0.2) is 22.5 Å². The van der Waals surface area contributed by atoms with Crippen molar-refractivity contribution in [3.63, 3.8) is 0 Å². The van der Waals surface area contributed by atoms with Crippen molar-refractivity contribution in [2.45, 2.75) is 13.5 Å². The first-order valence-corrected chi connectivity index (χ1v) is 9.82. The van der Waals surface area contributed by atoms with Crippen LogP contribution in [0.4, 0.5) is 11.5 Å². The number of amides is 1. The molecule has 4 aromatic rings. The van der Waals surface area contributed by atoms with Gasteiger partial charge in [-0.1, -0.05) is 48.5 Å². The lowest BCUT2D eigenvalue weighted by molar-refractivity contribution is 0.0940. The Kier molecular flexibility index (Phi) is 5.85. The lowest BCUT2D eigenvalue weighted by atomic mass is 10.2. The fraction of sp³-hybridized carbons (Fsp3) is 0.125. The van der Waals surface area contributed by atoms with Gasteiger partial charge in [-0.05, 0) is 37.3 Å². The van der Waals surface area contributed by atoms with Gasteiger partial charge in [0.2, 0.25) is 5.82 Å². The highest BCUT2D eigenvalue weighted by Gasteiger charge is 2.15. The van der Waals surface area contributed by atoms with Crippen LogP contribution in [0.2, 0.25) is 0 Å². The smallest absolute Gasteiger partial charge is 0.289 e. The lowest BCUT2D eigenvalue weighted by Crippen LogP contribution is -2.25. The Labute approximate surface area is 175 Å². The summed E-state index contributed by atoms with van der Waals surface area (Å²) < 4.78 is 5.63. The molecule has 6 nitrogen and oxygen atoms in total. The number of rotatable bonds is 7. The summed E-state index contributed by atoms with van der Waals surface area (Å²) in [6.07, 6.45) is 0. The predicted molar refractivity (Wildman–Crippen MR) is 118 cm³/mol. The highest BCUT2D eigenvalue weighted by molar-refractivity contribution is 5.97. The number of hydrogen-bond acceptors (Lipinski definition) is 5. The van der Waals surface area contributed by atoms with E-state index in [2.05, 4.69) is 20.6 Å². The Morgan fingerprint density at radius 1 is 0.900 bits per heavy atom. The second-order valence-electron chi connectivity index (χ2n) is 6.63. The molecule has 1 heterocycles. The minimum Gasteiger partial charge on any atom is -0.494 e. The predicted octanol–water partition coefficient (Wildman–Crippen LogP) is 4.70. The van der Waals surface area contributed by atoms with Crippen molar-refractivity contribution in [1.29, 1.82) is 0 Å². The zero-order valence-corrected chi connectivity index (χ0v) is 16.6. The van der Waals surface area contributed by atoms with Crippen LogP contribution in [-0.2, 0) is 6.54 Å². The van der Waals surface area contributed by atoms with E-state index in [-0.39, 0.29) is 11.7 Å². The quantitative estimate of drug-likeness (QED) is 0.472. The van der Waals surface area contributed by atoms with Gasteiger partial charge in [0.25, 0.3) is 5.91 Å². The van der Waals surface area contributed by atoms with Crippen molar-refractivity contribution in [3.8, 4) is 5.75 Å². The second kappa shape index (κ2) is 9.05. The first kappa shape index (κ1) is 19.4. The summed E-state index contributed by atoms with van der Waals surface area (Å²) in [4.78, 5) is 21.8. The standard InChI is InChI=1S/C24H22N4O2/c1-2-30-21-15-9-6-10-17(21)16-25-24(29)23-27-20-14-8-7-13-19(20)22(28-23)26-18-11-4-3-5-12-18/h3-15H,2,16H2,1H3,(H,25,29)(H,26,27,28). The first-order valence-electron chi connectivity index (χ1n) is 9.82. The Morgan fingerprint density at radius 2 is 1.63 bits per heavy atom. The molecule has 0 spiro atoms. The van der Waals surface area contributed by atoms with Crippen LogP contribution in [0.15, 0.2) is 78.9 Å². The van der Waals surface area contributed by atoms with Gasteiger partial charge in [-0.25, -0.2) is 9.97 Å². The van der Waals surface area contributed by atoms with Crippen molar-refractivity contribution in [2.75, 3.05) is 11.9 Å².